The van der Waals surface area contributed by atoms with Crippen LogP contribution in [0.2, 0.25) is 0 Å². The van der Waals surface area contributed by atoms with E-state index in [0.29, 0.717) is 25.2 Å². The Kier molecular flexibility index (Phi) is 4.50. The molecule has 1 amide bonds. The molecule has 28 heavy (non-hydrogen) atoms. The Bertz CT molecular complexity index is 1110. The molecule has 1 aromatic carbocycles. The van der Waals surface area contributed by atoms with Gasteiger partial charge in [-0.1, -0.05) is 24.3 Å². The van der Waals surface area contributed by atoms with Gasteiger partial charge in [-0.25, -0.2) is 13.8 Å². The average Bonchev–Trinajstić information content (AvgIpc) is 3.11. The van der Waals surface area contributed by atoms with Crippen molar-refractivity contribution in [1.82, 2.24) is 24.6 Å². The van der Waals surface area contributed by atoms with Gasteiger partial charge in [0.1, 0.15) is 5.69 Å². The number of fused-ring (bicyclic) bond motifs is 1. The Morgan fingerprint density at radius 2 is 2.00 bits per heavy atom. The van der Waals surface area contributed by atoms with Gasteiger partial charge in [0.15, 0.2) is 0 Å². The molecule has 0 atom stereocenters. The van der Waals surface area contributed by atoms with Crippen molar-refractivity contribution in [2.24, 2.45) is 0 Å². The van der Waals surface area contributed by atoms with Gasteiger partial charge in [-0.05, 0) is 24.5 Å². The molecular formula is C19H17F2N5O2. The lowest BCUT2D eigenvalue weighted by Crippen LogP contribution is -2.36. The third kappa shape index (κ3) is 3.19. The largest absolute Gasteiger partial charge is 0.334 e. The van der Waals surface area contributed by atoms with E-state index in [1.807, 2.05) is 24.3 Å². The highest BCUT2D eigenvalue weighted by atomic mass is 19.3. The lowest BCUT2D eigenvalue weighted by molar-refractivity contribution is 0.0721. The highest BCUT2D eigenvalue weighted by Gasteiger charge is 2.30. The number of alkyl halides is 2. The molecule has 1 aliphatic heterocycles. The summed E-state index contributed by atoms with van der Waals surface area (Å²) in [5.41, 5.74) is 1.24. The fraction of sp³-hybridized carbons (Fsp3) is 0.263. The van der Waals surface area contributed by atoms with Crippen molar-refractivity contribution in [2.75, 3.05) is 6.54 Å². The van der Waals surface area contributed by atoms with Gasteiger partial charge in [-0.2, -0.15) is 9.78 Å². The van der Waals surface area contributed by atoms with Gasteiger partial charge in [-0.15, -0.1) is 0 Å². The molecule has 9 heteroatoms. The summed E-state index contributed by atoms with van der Waals surface area (Å²) < 4.78 is 28.5. The number of aromatic amines is 1. The van der Waals surface area contributed by atoms with Gasteiger partial charge >= 0.3 is 0 Å². The Labute approximate surface area is 158 Å². The zero-order valence-electron chi connectivity index (χ0n) is 15.0. The molecule has 144 valence electrons. The quantitative estimate of drug-likeness (QED) is 0.750. The number of halogens is 2. The Morgan fingerprint density at radius 3 is 2.71 bits per heavy atom. The molecule has 0 unspecified atom stereocenters. The maximum Gasteiger partial charge on any atom is 0.281 e. The molecule has 0 saturated carbocycles. The van der Waals surface area contributed by atoms with E-state index in [9.17, 15) is 18.4 Å². The number of hydrogen-bond acceptors (Lipinski definition) is 4. The number of carbonyl (C=O) groups excluding carboxylic acids is 1. The normalized spacial score (nSPS) is 13.6. The number of H-pyrrole nitrogens is 1. The fourth-order valence-electron chi connectivity index (χ4n) is 3.40. The maximum atomic E-state index is 13.8. The minimum atomic E-state index is -2.97. The second-order valence-corrected chi connectivity index (χ2v) is 6.61. The molecule has 1 N–H and O–H groups in total. The van der Waals surface area contributed by atoms with Crippen molar-refractivity contribution >= 4 is 5.91 Å². The predicted molar refractivity (Wildman–Crippen MR) is 96.6 cm³/mol. The van der Waals surface area contributed by atoms with Crippen molar-refractivity contribution in [3.8, 4) is 5.95 Å². The summed E-state index contributed by atoms with van der Waals surface area (Å²) >= 11 is 0. The molecule has 1 aliphatic rings. The van der Waals surface area contributed by atoms with E-state index in [1.54, 1.807) is 6.92 Å². The van der Waals surface area contributed by atoms with Gasteiger partial charge in [0, 0.05) is 24.8 Å². The molecule has 0 spiro atoms. The van der Waals surface area contributed by atoms with E-state index in [0.717, 1.165) is 22.0 Å². The number of carbonyl (C=O) groups is 1. The number of nitrogens with one attached hydrogen (secondary N) is 1. The van der Waals surface area contributed by atoms with E-state index in [2.05, 4.69) is 15.1 Å². The first-order valence-electron chi connectivity index (χ1n) is 8.74. The minimum Gasteiger partial charge on any atom is -0.334 e. The van der Waals surface area contributed by atoms with Crippen molar-refractivity contribution < 1.29 is 13.6 Å². The van der Waals surface area contributed by atoms with Crippen LogP contribution in [0.15, 0.2) is 41.3 Å². The van der Waals surface area contributed by atoms with Crippen LogP contribution in [0.3, 0.4) is 0 Å². The van der Waals surface area contributed by atoms with E-state index in [-0.39, 0.29) is 11.5 Å². The Balaban J connectivity index is 1.72. The zero-order chi connectivity index (χ0) is 19.8. The first-order chi connectivity index (χ1) is 13.4. The summed E-state index contributed by atoms with van der Waals surface area (Å²) in [6.45, 7) is 2.35. The van der Waals surface area contributed by atoms with E-state index in [4.69, 9.17) is 0 Å². The van der Waals surface area contributed by atoms with Gasteiger partial charge in [0.25, 0.3) is 17.9 Å². The highest BCUT2D eigenvalue weighted by Crippen LogP contribution is 2.27. The van der Waals surface area contributed by atoms with E-state index >= 15 is 0 Å². The lowest BCUT2D eigenvalue weighted by atomic mass is 9.99. The summed E-state index contributed by atoms with van der Waals surface area (Å²) in [5, 5.41) is 3.91. The zero-order valence-corrected chi connectivity index (χ0v) is 15.0. The van der Waals surface area contributed by atoms with Crippen molar-refractivity contribution in [3.05, 3.63) is 75.0 Å². The van der Waals surface area contributed by atoms with Gasteiger partial charge in [0.2, 0.25) is 5.95 Å². The standard InChI is InChI=1S/C19H17F2N5O2/c1-11-8-15(27)24-19(23-11)26-16(17(20)21)14(9-22-26)18(28)25-7-6-12-4-2-3-5-13(12)10-25/h2-5,8-9,17H,6-7,10H2,1H3,(H,23,24,27). The molecule has 0 bridgehead atoms. The van der Waals surface area contributed by atoms with Crippen LogP contribution in [0.4, 0.5) is 8.78 Å². The first-order valence-corrected chi connectivity index (χ1v) is 8.74. The summed E-state index contributed by atoms with van der Waals surface area (Å²) in [5.74, 6) is -0.672. The number of hydrogen-bond donors (Lipinski definition) is 1. The second kappa shape index (κ2) is 6.99. The van der Waals surface area contributed by atoms with Crippen LogP contribution >= 0.6 is 0 Å². The van der Waals surface area contributed by atoms with Gasteiger partial charge in [0.05, 0.1) is 11.8 Å². The molecule has 0 saturated heterocycles. The number of aromatic nitrogens is 4. The van der Waals surface area contributed by atoms with Gasteiger partial charge < -0.3 is 4.90 Å². The van der Waals surface area contributed by atoms with Crippen molar-refractivity contribution in [1.29, 1.82) is 0 Å². The number of amides is 1. The molecule has 2 aromatic heterocycles. The molecule has 0 aliphatic carbocycles. The number of aryl methyl sites for hydroxylation is 1. The number of rotatable bonds is 3. The van der Waals surface area contributed by atoms with Gasteiger partial charge in [-0.3, -0.25) is 14.6 Å². The van der Waals surface area contributed by atoms with Crippen molar-refractivity contribution in [2.45, 2.75) is 26.3 Å². The van der Waals surface area contributed by atoms with Crippen LogP contribution < -0.4 is 5.56 Å². The monoisotopic (exact) mass is 385 g/mol. The second-order valence-electron chi connectivity index (χ2n) is 6.61. The third-order valence-electron chi connectivity index (χ3n) is 4.72. The fourth-order valence-corrected chi connectivity index (χ4v) is 3.40. The molecule has 0 fully saturated rings. The summed E-state index contributed by atoms with van der Waals surface area (Å²) in [6, 6.07) is 8.99. The van der Waals surface area contributed by atoms with Crippen molar-refractivity contribution in [3.63, 3.8) is 0 Å². The molecule has 3 heterocycles. The number of benzene rings is 1. The summed E-state index contributed by atoms with van der Waals surface area (Å²) in [4.78, 5) is 32.6. The highest BCUT2D eigenvalue weighted by molar-refractivity contribution is 5.95. The maximum absolute atomic E-state index is 13.8. The first kappa shape index (κ1) is 18.0. The van der Waals surface area contributed by atoms with E-state index in [1.165, 1.54) is 11.0 Å². The third-order valence-corrected chi connectivity index (χ3v) is 4.72. The van der Waals surface area contributed by atoms with Crippen LogP contribution in [0, 0.1) is 6.92 Å². The van der Waals surface area contributed by atoms with Crippen LogP contribution in [-0.4, -0.2) is 37.1 Å². The Morgan fingerprint density at radius 1 is 1.25 bits per heavy atom. The lowest BCUT2D eigenvalue weighted by Gasteiger charge is -2.28. The number of nitrogens with zero attached hydrogens (tertiary/aromatic N) is 4. The molecule has 3 aromatic rings. The summed E-state index contributed by atoms with van der Waals surface area (Å²) in [7, 11) is 0. The van der Waals surface area contributed by atoms with Crippen LogP contribution in [0.5, 0.6) is 0 Å². The van der Waals surface area contributed by atoms with Crippen LogP contribution in [0.25, 0.3) is 5.95 Å². The smallest absolute Gasteiger partial charge is 0.281 e. The summed E-state index contributed by atoms with van der Waals surface area (Å²) in [6.07, 6.45) is -1.20. The average molecular weight is 385 g/mol. The van der Waals surface area contributed by atoms with E-state index < -0.39 is 23.6 Å². The van der Waals surface area contributed by atoms with Crippen LogP contribution in [-0.2, 0) is 13.0 Å². The molecule has 4 rings (SSSR count). The Hall–Kier alpha value is -3.36. The topological polar surface area (TPSA) is 83.9 Å². The molecule has 0 radical (unpaired) electrons. The SMILES string of the molecule is Cc1cc(=O)[nH]c(-n2ncc(C(=O)N3CCc4ccccc4C3)c2C(F)F)n1. The molecular weight excluding hydrogens is 368 g/mol. The van der Waals surface area contributed by atoms with Crippen LogP contribution in [0.1, 0.15) is 39.3 Å². The minimum absolute atomic E-state index is 0.150. The predicted octanol–water partition coefficient (Wildman–Crippen LogP) is 2.40. The molecule has 7 nitrogen and oxygen atoms in total.